The van der Waals surface area contributed by atoms with Crippen LogP contribution in [0.1, 0.15) is 15.8 Å². The van der Waals surface area contributed by atoms with Crippen LogP contribution in [0.15, 0.2) is 23.6 Å². The van der Waals surface area contributed by atoms with Crippen LogP contribution in [0, 0.1) is 0 Å². The van der Waals surface area contributed by atoms with E-state index in [1.807, 2.05) is 23.6 Å². The van der Waals surface area contributed by atoms with Gasteiger partial charge in [0.15, 0.2) is 0 Å². The Bertz CT molecular complexity index is 483. The molecule has 3 nitrogen and oxygen atoms in total. The van der Waals surface area contributed by atoms with Gasteiger partial charge in [-0.15, -0.1) is 22.7 Å². The Morgan fingerprint density at radius 2 is 2.29 bits per heavy atom. The summed E-state index contributed by atoms with van der Waals surface area (Å²) in [7, 11) is 1.67. The fourth-order valence-corrected chi connectivity index (χ4v) is 3.68. The van der Waals surface area contributed by atoms with Gasteiger partial charge in [-0.05, 0) is 23.6 Å². The summed E-state index contributed by atoms with van der Waals surface area (Å²) in [5.41, 5.74) is 2.83. The van der Waals surface area contributed by atoms with Crippen LogP contribution >= 0.6 is 34.3 Å². The second-order valence-electron chi connectivity index (χ2n) is 3.48. The molecule has 0 aliphatic rings. The Morgan fingerprint density at radius 3 is 2.88 bits per heavy atom. The Morgan fingerprint density at radius 1 is 1.47 bits per heavy atom. The minimum Gasteiger partial charge on any atom is -0.496 e. The minimum absolute atomic E-state index is 0.0552. The van der Waals surface area contributed by atoms with Crippen molar-refractivity contribution < 1.29 is 4.74 Å². The van der Waals surface area contributed by atoms with E-state index in [4.69, 9.17) is 22.2 Å². The van der Waals surface area contributed by atoms with Crippen LogP contribution in [0.3, 0.4) is 0 Å². The third kappa shape index (κ3) is 3.00. The van der Waals surface area contributed by atoms with Crippen molar-refractivity contribution in [3.8, 4) is 5.75 Å². The number of hydrazine groups is 1. The van der Waals surface area contributed by atoms with Crippen molar-refractivity contribution in [3.05, 3.63) is 37.7 Å². The molecule has 2 heterocycles. The molecule has 0 saturated carbocycles. The Labute approximate surface area is 113 Å². The Kier molecular flexibility index (Phi) is 4.42. The average Bonchev–Trinajstić information content (AvgIpc) is 2.94. The third-order valence-corrected chi connectivity index (χ3v) is 4.69. The number of nitrogens with one attached hydrogen (secondary N) is 1. The minimum atomic E-state index is 0.0552. The van der Waals surface area contributed by atoms with Crippen molar-refractivity contribution in [2.75, 3.05) is 7.11 Å². The first-order valence-electron chi connectivity index (χ1n) is 5.06. The molecule has 0 aliphatic carbocycles. The molecule has 1 unspecified atom stereocenters. The van der Waals surface area contributed by atoms with Gasteiger partial charge in [-0.25, -0.2) is 0 Å². The first kappa shape index (κ1) is 12.9. The monoisotopic (exact) mass is 288 g/mol. The van der Waals surface area contributed by atoms with E-state index >= 15 is 0 Å². The van der Waals surface area contributed by atoms with Crippen LogP contribution in [0.25, 0.3) is 0 Å². The summed E-state index contributed by atoms with van der Waals surface area (Å²) in [6.45, 7) is 0. The standard InChI is InChI=1S/C11H13ClN2OS2/c1-15-9-4-5-16-11(9)8(14-13)6-7-2-3-10(12)17-7/h2-5,8,14H,6,13H2,1H3. The molecular weight excluding hydrogens is 276 g/mol. The van der Waals surface area contributed by atoms with Crippen molar-refractivity contribution >= 4 is 34.3 Å². The van der Waals surface area contributed by atoms with Gasteiger partial charge in [-0.3, -0.25) is 11.3 Å². The zero-order valence-corrected chi connectivity index (χ0v) is 11.7. The maximum atomic E-state index is 5.92. The molecule has 2 rings (SSSR count). The predicted octanol–water partition coefficient (Wildman–Crippen LogP) is 3.22. The molecule has 1 atom stereocenters. The van der Waals surface area contributed by atoms with Crippen molar-refractivity contribution in [1.29, 1.82) is 0 Å². The molecule has 0 amide bonds. The zero-order valence-electron chi connectivity index (χ0n) is 9.27. The number of nitrogens with two attached hydrogens (primary N) is 1. The lowest BCUT2D eigenvalue weighted by Gasteiger charge is -2.14. The number of rotatable bonds is 5. The lowest BCUT2D eigenvalue weighted by atomic mass is 10.1. The summed E-state index contributed by atoms with van der Waals surface area (Å²) >= 11 is 9.13. The van der Waals surface area contributed by atoms with Gasteiger partial charge >= 0.3 is 0 Å². The molecular formula is C11H13ClN2OS2. The number of methoxy groups -OCH3 is 1. The average molecular weight is 289 g/mol. The van der Waals surface area contributed by atoms with E-state index in [-0.39, 0.29) is 6.04 Å². The highest BCUT2D eigenvalue weighted by Crippen LogP contribution is 2.34. The molecule has 92 valence electrons. The molecule has 17 heavy (non-hydrogen) atoms. The van der Waals surface area contributed by atoms with E-state index in [2.05, 4.69) is 5.43 Å². The quantitative estimate of drug-likeness (QED) is 0.656. The predicted molar refractivity (Wildman–Crippen MR) is 74.0 cm³/mol. The van der Waals surface area contributed by atoms with E-state index in [0.717, 1.165) is 21.4 Å². The lowest BCUT2D eigenvalue weighted by Crippen LogP contribution is -2.29. The largest absolute Gasteiger partial charge is 0.496 e. The lowest BCUT2D eigenvalue weighted by molar-refractivity contribution is 0.403. The molecule has 0 radical (unpaired) electrons. The van der Waals surface area contributed by atoms with Gasteiger partial charge < -0.3 is 4.74 Å². The number of ether oxygens (including phenoxy) is 1. The van der Waals surface area contributed by atoms with Crippen molar-refractivity contribution in [1.82, 2.24) is 5.43 Å². The molecule has 0 aromatic carbocycles. The highest BCUT2D eigenvalue weighted by Gasteiger charge is 2.17. The number of hydrogen-bond donors (Lipinski definition) is 2. The molecule has 2 aromatic rings. The van der Waals surface area contributed by atoms with Gasteiger partial charge in [0.25, 0.3) is 0 Å². The number of hydrogen-bond acceptors (Lipinski definition) is 5. The van der Waals surface area contributed by atoms with Crippen molar-refractivity contribution in [3.63, 3.8) is 0 Å². The third-order valence-electron chi connectivity index (χ3n) is 2.43. The molecule has 6 heteroatoms. The normalized spacial score (nSPS) is 12.6. The van der Waals surface area contributed by atoms with Crippen LogP contribution in [-0.2, 0) is 6.42 Å². The number of thiophene rings is 2. The van der Waals surface area contributed by atoms with Gasteiger partial charge in [0, 0.05) is 11.3 Å². The van der Waals surface area contributed by atoms with E-state index in [1.165, 1.54) is 4.88 Å². The van der Waals surface area contributed by atoms with Gasteiger partial charge in [-0.2, -0.15) is 0 Å². The fraction of sp³-hybridized carbons (Fsp3) is 0.273. The second-order valence-corrected chi connectivity index (χ2v) is 6.23. The molecule has 0 spiro atoms. The summed E-state index contributed by atoms with van der Waals surface area (Å²) in [6, 6.07) is 5.93. The van der Waals surface area contributed by atoms with Crippen LogP contribution in [-0.4, -0.2) is 7.11 Å². The van der Waals surface area contributed by atoms with Crippen LogP contribution in [0.4, 0.5) is 0 Å². The maximum absolute atomic E-state index is 5.92. The van der Waals surface area contributed by atoms with Crippen LogP contribution in [0.5, 0.6) is 5.75 Å². The zero-order chi connectivity index (χ0) is 12.3. The van der Waals surface area contributed by atoms with E-state index in [0.29, 0.717) is 0 Å². The fourth-order valence-electron chi connectivity index (χ4n) is 1.62. The van der Waals surface area contributed by atoms with E-state index < -0.39 is 0 Å². The summed E-state index contributed by atoms with van der Waals surface area (Å²) in [5.74, 6) is 6.49. The van der Waals surface area contributed by atoms with Crippen LogP contribution < -0.4 is 16.0 Å². The number of halogens is 1. The highest BCUT2D eigenvalue weighted by atomic mass is 35.5. The van der Waals surface area contributed by atoms with Crippen LogP contribution in [0.2, 0.25) is 4.34 Å². The van der Waals surface area contributed by atoms with E-state index in [9.17, 15) is 0 Å². The first-order chi connectivity index (χ1) is 8.24. The second kappa shape index (κ2) is 5.84. The smallest absolute Gasteiger partial charge is 0.134 e. The summed E-state index contributed by atoms with van der Waals surface area (Å²) in [6.07, 6.45) is 0.810. The molecule has 0 fully saturated rings. The van der Waals surface area contributed by atoms with Crippen molar-refractivity contribution in [2.45, 2.75) is 12.5 Å². The maximum Gasteiger partial charge on any atom is 0.134 e. The Hall–Kier alpha value is -0.590. The Balaban J connectivity index is 2.16. The topological polar surface area (TPSA) is 47.3 Å². The molecule has 0 aliphatic heterocycles. The molecule has 2 aromatic heterocycles. The summed E-state index contributed by atoms with van der Waals surface area (Å²) in [5, 5.41) is 2.00. The molecule has 0 bridgehead atoms. The molecule has 3 N–H and O–H groups in total. The SMILES string of the molecule is COc1ccsc1C(Cc1ccc(Cl)s1)NN. The van der Waals surface area contributed by atoms with Gasteiger partial charge in [0.1, 0.15) is 5.75 Å². The van der Waals surface area contributed by atoms with E-state index in [1.54, 1.807) is 29.8 Å². The summed E-state index contributed by atoms with van der Waals surface area (Å²) < 4.78 is 6.10. The summed E-state index contributed by atoms with van der Waals surface area (Å²) in [4.78, 5) is 2.31. The van der Waals surface area contributed by atoms with Gasteiger partial charge in [0.05, 0.1) is 22.4 Å². The highest BCUT2D eigenvalue weighted by molar-refractivity contribution is 7.16. The van der Waals surface area contributed by atoms with Gasteiger partial charge in [-0.1, -0.05) is 11.6 Å². The van der Waals surface area contributed by atoms with Crippen molar-refractivity contribution in [2.24, 2.45) is 5.84 Å². The van der Waals surface area contributed by atoms with Gasteiger partial charge in [0.2, 0.25) is 0 Å². The first-order valence-corrected chi connectivity index (χ1v) is 7.13. The molecule has 0 saturated heterocycles.